The molecule has 0 unspecified atom stereocenters. The molecule has 27 heavy (non-hydrogen) atoms. The van der Waals surface area contributed by atoms with Crippen molar-refractivity contribution >= 4 is 27.7 Å². The van der Waals surface area contributed by atoms with Gasteiger partial charge in [-0.2, -0.15) is 0 Å². The Balaban J connectivity index is 1.68. The third-order valence-corrected chi connectivity index (χ3v) is 4.63. The third-order valence-electron chi connectivity index (χ3n) is 4.63. The van der Waals surface area contributed by atoms with Crippen LogP contribution in [0.2, 0.25) is 0 Å². The van der Waals surface area contributed by atoms with Crippen LogP contribution < -0.4 is 5.56 Å². The van der Waals surface area contributed by atoms with Crippen molar-refractivity contribution in [1.29, 1.82) is 0 Å². The fraction of sp³-hybridized carbons (Fsp3) is 0.190. The molecule has 0 atom stereocenters. The summed E-state index contributed by atoms with van der Waals surface area (Å²) < 4.78 is 0. The van der Waals surface area contributed by atoms with Crippen LogP contribution in [-0.4, -0.2) is 31.8 Å². The number of rotatable bonds is 4. The van der Waals surface area contributed by atoms with Crippen molar-refractivity contribution in [1.82, 2.24) is 19.9 Å². The van der Waals surface area contributed by atoms with Gasteiger partial charge in [-0.05, 0) is 38.1 Å². The van der Waals surface area contributed by atoms with Gasteiger partial charge in [0, 0.05) is 16.9 Å². The van der Waals surface area contributed by atoms with Crippen LogP contribution in [0, 0.1) is 0 Å². The smallest absolute Gasteiger partial charge is 0.270 e. The molecule has 2 aromatic heterocycles. The standard InChI is InChI=1S/C21H20N4O2/c1-13(2)25(21(27)18-11-14-7-3-5-9-16(14)22-18)12-19-23-17-10-6-4-8-15(17)20(26)24-19/h3-11,13,22H,12H2,1-2H3,(H,23,24,26). The number of hydrogen-bond donors (Lipinski definition) is 2. The van der Waals surface area contributed by atoms with Gasteiger partial charge in [-0.3, -0.25) is 9.59 Å². The lowest BCUT2D eigenvalue weighted by Gasteiger charge is -2.25. The summed E-state index contributed by atoms with van der Waals surface area (Å²) in [6.07, 6.45) is 0. The molecule has 0 aliphatic rings. The van der Waals surface area contributed by atoms with Crippen molar-refractivity contribution in [2.45, 2.75) is 26.4 Å². The Labute approximate surface area is 155 Å². The second-order valence-electron chi connectivity index (χ2n) is 6.83. The van der Waals surface area contributed by atoms with Crippen molar-refractivity contribution in [2.24, 2.45) is 0 Å². The molecular formula is C21H20N4O2. The molecule has 0 radical (unpaired) electrons. The first-order valence-corrected chi connectivity index (χ1v) is 8.89. The second-order valence-corrected chi connectivity index (χ2v) is 6.83. The summed E-state index contributed by atoms with van der Waals surface area (Å²) in [7, 11) is 0. The van der Waals surface area contributed by atoms with Gasteiger partial charge in [0.1, 0.15) is 11.5 Å². The van der Waals surface area contributed by atoms with Gasteiger partial charge in [-0.1, -0.05) is 30.3 Å². The molecule has 0 fully saturated rings. The third kappa shape index (κ3) is 3.21. The lowest BCUT2D eigenvalue weighted by atomic mass is 10.2. The quantitative estimate of drug-likeness (QED) is 0.585. The van der Waals surface area contributed by atoms with E-state index in [0.29, 0.717) is 22.4 Å². The first kappa shape index (κ1) is 17.0. The number of nitrogens with zero attached hydrogens (tertiary/aromatic N) is 2. The minimum absolute atomic E-state index is 0.0549. The van der Waals surface area contributed by atoms with E-state index in [2.05, 4.69) is 15.0 Å². The van der Waals surface area contributed by atoms with Crippen molar-refractivity contribution in [3.63, 3.8) is 0 Å². The maximum atomic E-state index is 13.1. The highest BCUT2D eigenvalue weighted by molar-refractivity contribution is 5.98. The summed E-state index contributed by atoms with van der Waals surface area (Å²) in [4.78, 5) is 37.6. The second kappa shape index (κ2) is 6.72. The SMILES string of the molecule is CC(C)N(Cc1nc2ccccc2c(=O)[nH]1)C(=O)c1cc2ccccc2[nH]1. The molecule has 0 aliphatic carbocycles. The number of para-hydroxylation sites is 2. The monoisotopic (exact) mass is 360 g/mol. The fourth-order valence-corrected chi connectivity index (χ4v) is 3.20. The Morgan fingerprint density at radius 2 is 1.81 bits per heavy atom. The molecule has 6 nitrogen and oxygen atoms in total. The van der Waals surface area contributed by atoms with E-state index >= 15 is 0 Å². The predicted octanol–water partition coefficient (Wildman–Crippen LogP) is 3.46. The summed E-state index contributed by atoms with van der Waals surface area (Å²) >= 11 is 0. The van der Waals surface area contributed by atoms with Crippen molar-refractivity contribution in [2.75, 3.05) is 0 Å². The number of carbonyl (C=O) groups is 1. The van der Waals surface area contributed by atoms with E-state index in [-0.39, 0.29) is 24.1 Å². The molecule has 136 valence electrons. The van der Waals surface area contributed by atoms with E-state index in [9.17, 15) is 9.59 Å². The van der Waals surface area contributed by atoms with Crippen LogP contribution in [0.4, 0.5) is 0 Å². The lowest BCUT2D eigenvalue weighted by Crippen LogP contribution is -2.37. The number of aromatic nitrogens is 3. The zero-order valence-electron chi connectivity index (χ0n) is 15.2. The summed E-state index contributed by atoms with van der Waals surface area (Å²) in [6, 6.07) is 16.7. The molecule has 0 spiro atoms. The molecule has 2 N–H and O–H groups in total. The number of fused-ring (bicyclic) bond motifs is 2. The minimum Gasteiger partial charge on any atom is -0.351 e. The molecule has 2 aromatic carbocycles. The van der Waals surface area contributed by atoms with Crippen LogP contribution in [0.1, 0.15) is 30.2 Å². The van der Waals surface area contributed by atoms with Gasteiger partial charge in [0.25, 0.3) is 11.5 Å². The zero-order chi connectivity index (χ0) is 19.0. The van der Waals surface area contributed by atoms with E-state index < -0.39 is 0 Å². The van der Waals surface area contributed by atoms with E-state index in [4.69, 9.17) is 0 Å². The number of hydrogen-bond acceptors (Lipinski definition) is 3. The number of benzene rings is 2. The Morgan fingerprint density at radius 1 is 1.07 bits per heavy atom. The first-order valence-electron chi connectivity index (χ1n) is 8.89. The molecule has 0 saturated heterocycles. The topological polar surface area (TPSA) is 81.8 Å². The fourth-order valence-electron chi connectivity index (χ4n) is 3.20. The van der Waals surface area contributed by atoms with E-state index in [1.54, 1.807) is 23.1 Å². The number of amides is 1. The van der Waals surface area contributed by atoms with Crippen LogP contribution in [0.5, 0.6) is 0 Å². The maximum absolute atomic E-state index is 13.1. The van der Waals surface area contributed by atoms with Crippen molar-refractivity contribution < 1.29 is 4.79 Å². The predicted molar refractivity (Wildman–Crippen MR) is 106 cm³/mol. The molecule has 4 aromatic rings. The molecule has 0 bridgehead atoms. The largest absolute Gasteiger partial charge is 0.351 e. The molecule has 2 heterocycles. The number of nitrogens with one attached hydrogen (secondary N) is 2. The molecule has 1 amide bonds. The molecular weight excluding hydrogens is 340 g/mol. The van der Waals surface area contributed by atoms with E-state index in [0.717, 1.165) is 10.9 Å². The Bertz CT molecular complexity index is 1160. The van der Waals surface area contributed by atoms with Crippen LogP contribution in [0.3, 0.4) is 0 Å². The minimum atomic E-state index is -0.197. The highest BCUT2D eigenvalue weighted by atomic mass is 16.2. The van der Waals surface area contributed by atoms with Gasteiger partial charge in [0.2, 0.25) is 0 Å². The Hall–Kier alpha value is -3.41. The van der Waals surface area contributed by atoms with Gasteiger partial charge in [0.15, 0.2) is 0 Å². The summed E-state index contributed by atoms with van der Waals surface area (Å²) in [5, 5.41) is 1.53. The summed E-state index contributed by atoms with van der Waals surface area (Å²) in [5.41, 5.74) is 1.87. The van der Waals surface area contributed by atoms with Gasteiger partial charge >= 0.3 is 0 Å². The van der Waals surface area contributed by atoms with Crippen molar-refractivity contribution in [3.05, 3.63) is 76.5 Å². The molecule has 0 aliphatic heterocycles. The number of H-pyrrole nitrogens is 2. The van der Waals surface area contributed by atoms with Gasteiger partial charge < -0.3 is 14.9 Å². The molecule has 6 heteroatoms. The van der Waals surface area contributed by atoms with Crippen LogP contribution in [0.15, 0.2) is 59.4 Å². The highest BCUT2D eigenvalue weighted by Gasteiger charge is 2.22. The summed E-state index contributed by atoms with van der Waals surface area (Å²) in [6.45, 7) is 4.12. The first-order chi connectivity index (χ1) is 13.0. The molecule has 0 saturated carbocycles. The Morgan fingerprint density at radius 3 is 2.59 bits per heavy atom. The lowest BCUT2D eigenvalue weighted by molar-refractivity contribution is 0.0680. The molecule has 4 rings (SSSR count). The average molecular weight is 360 g/mol. The number of carbonyl (C=O) groups excluding carboxylic acids is 1. The van der Waals surface area contributed by atoms with E-state index in [1.165, 1.54) is 0 Å². The number of aromatic amines is 2. The zero-order valence-corrected chi connectivity index (χ0v) is 15.2. The maximum Gasteiger partial charge on any atom is 0.270 e. The highest BCUT2D eigenvalue weighted by Crippen LogP contribution is 2.18. The average Bonchev–Trinajstić information content (AvgIpc) is 3.10. The summed E-state index contributed by atoms with van der Waals surface area (Å²) in [5.74, 6) is 0.342. The van der Waals surface area contributed by atoms with Crippen molar-refractivity contribution in [3.8, 4) is 0 Å². The van der Waals surface area contributed by atoms with Crippen LogP contribution in [0.25, 0.3) is 21.8 Å². The Kier molecular flexibility index (Phi) is 4.24. The van der Waals surface area contributed by atoms with Gasteiger partial charge in [-0.15, -0.1) is 0 Å². The van der Waals surface area contributed by atoms with Gasteiger partial charge in [-0.25, -0.2) is 4.98 Å². The van der Waals surface area contributed by atoms with Gasteiger partial charge in [0.05, 0.1) is 17.4 Å². The van der Waals surface area contributed by atoms with E-state index in [1.807, 2.05) is 50.2 Å². The normalized spacial score (nSPS) is 11.4. The van der Waals surface area contributed by atoms with Crippen LogP contribution in [-0.2, 0) is 6.54 Å². The van der Waals surface area contributed by atoms with Crippen LogP contribution >= 0.6 is 0 Å².